The van der Waals surface area contributed by atoms with E-state index in [0.717, 1.165) is 12.2 Å². The third kappa shape index (κ3) is 3.03. The summed E-state index contributed by atoms with van der Waals surface area (Å²) in [5, 5.41) is 0. The first-order valence-corrected chi connectivity index (χ1v) is 5.92. The van der Waals surface area contributed by atoms with E-state index in [2.05, 4.69) is 60.6 Å². The van der Waals surface area contributed by atoms with Gasteiger partial charge in [-0.15, -0.1) is 0 Å². The van der Waals surface area contributed by atoms with Gasteiger partial charge < -0.3 is 0 Å². The molecule has 0 nitrogen and oxygen atoms in total. The molecule has 72 valence electrons. The van der Waals surface area contributed by atoms with Crippen LogP contribution in [0.5, 0.6) is 0 Å². The Morgan fingerprint density at radius 3 is 2.77 bits per heavy atom. The second kappa shape index (κ2) is 5.06. The molecule has 0 aromatic heterocycles. The van der Waals surface area contributed by atoms with Gasteiger partial charge in [0.2, 0.25) is 0 Å². The van der Waals surface area contributed by atoms with Crippen molar-refractivity contribution in [2.45, 2.75) is 20.3 Å². The lowest BCUT2D eigenvalue weighted by molar-refractivity contribution is 0.658. The summed E-state index contributed by atoms with van der Waals surface area (Å²) in [5.74, 6) is 1.60. The quantitative estimate of drug-likeness (QED) is 0.783. The molecule has 13 heavy (non-hydrogen) atoms. The molecule has 0 N–H and O–H groups in total. The van der Waals surface area contributed by atoms with Crippen molar-refractivity contribution in [3.05, 3.63) is 33.8 Å². The number of hydrogen-bond acceptors (Lipinski definition) is 1. The second-order valence-electron chi connectivity index (χ2n) is 3.52. The largest absolute Gasteiger partial charge is 0.179 e. The Balaban J connectivity index is 2.83. The van der Waals surface area contributed by atoms with Gasteiger partial charge in [0, 0.05) is 4.47 Å². The molecule has 0 radical (unpaired) electrons. The first kappa shape index (κ1) is 11.1. The molecule has 2 heteroatoms. The average Bonchev–Trinajstić information content (AvgIpc) is 2.13. The number of halogens is 1. The van der Waals surface area contributed by atoms with Gasteiger partial charge in [0.25, 0.3) is 0 Å². The van der Waals surface area contributed by atoms with Crippen molar-refractivity contribution >= 4 is 28.6 Å². The van der Waals surface area contributed by atoms with Crippen LogP contribution in [0.2, 0.25) is 0 Å². The van der Waals surface area contributed by atoms with Crippen LogP contribution in [-0.2, 0) is 6.42 Å². The van der Waals surface area contributed by atoms with Gasteiger partial charge in [0.1, 0.15) is 0 Å². The van der Waals surface area contributed by atoms with Crippen LogP contribution in [0, 0.1) is 12.8 Å². The van der Waals surface area contributed by atoms with E-state index in [4.69, 9.17) is 0 Å². The van der Waals surface area contributed by atoms with Crippen LogP contribution in [0.4, 0.5) is 0 Å². The van der Waals surface area contributed by atoms with Crippen molar-refractivity contribution in [2.75, 3.05) is 5.75 Å². The standard InChI is InChI=1S/C11H15BrS/c1-8(7-13)6-10-4-3-5-11(12)9(10)2/h3-5,8,13H,6-7H2,1-2H3. The van der Waals surface area contributed by atoms with E-state index in [9.17, 15) is 0 Å². The predicted octanol–water partition coefficient (Wildman–Crippen LogP) is 3.87. The Hall–Kier alpha value is 0.0500. The Morgan fingerprint density at radius 2 is 2.15 bits per heavy atom. The van der Waals surface area contributed by atoms with Crippen LogP contribution in [0.25, 0.3) is 0 Å². The summed E-state index contributed by atoms with van der Waals surface area (Å²) in [6, 6.07) is 6.38. The Bertz CT molecular complexity index is 283. The summed E-state index contributed by atoms with van der Waals surface area (Å²) in [6.45, 7) is 4.39. The lowest BCUT2D eigenvalue weighted by Gasteiger charge is -2.11. The van der Waals surface area contributed by atoms with Gasteiger partial charge in [-0.25, -0.2) is 0 Å². The van der Waals surface area contributed by atoms with Crippen LogP contribution in [0.3, 0.4) is 0 Å². The lowest BCUT2D eigenvalue weighted by Crippen LogP contribution is -2.02. The highest BCUT2D eigenvalue weighted by atomic mass is 79.9. The topological polar surface area (TPSA) is 0 Å². The highest BCUT2D eigenvalue weighted by Crippen LogP contribution is 2.21. The number of rotatable bonds is 3. The summed E-state index contributed by atoms with van der Waals surface area (Å²) in [7, 11) is 0. The molecule has 0 aliphatic heterocycles. The SMILES string of the molecule is Cc1c(Br)cccc1CC(C)CS. The van der Waals surface area contributed by atoms with E-state index in [0.29, 0.717) is 5.92 Å². The molecule has 1 unspecified atom stereocenters. The number of hydrogen-bond donors (Lipinski definition) is 1. The first-order valence-electron chi connectivity index (χ1n) is 4.50. The molecular weight excluding hydrogens is 244 g/mol. The number of benzene rings is 1. The fraction of sp³-hybridized carbons (Fsp3) is 0.455. The van der Waals surface area contributed by atoms with Crippen molar-refractivity contribution < 1.29 is 0 Å². The van der Waals surface area contributed by atoms with Crippen molar-refractivity contribution in [2.24, 2.45) is 5.92 Å². The van der Waals surface area contributed by atoms with E-state index in [1.807, 2.05) is 0 Å². The third-order valence-electron chi connectivity index (χ3n) is 2.26. The predicted molar refractivity (Wildman–Crippen MR) is 65.6 cm³/mol. The summed E-state index contributed by atoms with van der Waals surface area (Å²) in [4.78, 5) is 0. The third-order valence-corrected chi connectivity index (χ3v) is 3.74. The summed E-state index contributed by atoms with van der Waals surface area (Å²) >= 11 is 7.83. The van der Waals surface area contributed by atoms with Crippen molar-refractivity contribution in [1.82, 2.24) is 0 Å². The van der Waals surface area contributed by atoms with Crippen LogP contribution in [-0.4, -0.2) is 5.75 Å². The van der Waals surface area contributed by atoms with E-state index in [1.54, 1.807) is 0 Å². The molecule has 1 atom stereocenters. The zero-order valence-corrected chi connectivity index (χ0v) is 10.5. The minimum atomic E-state index is 0.649. The van der Waals surface area contributed by atoms with Gasteiger partial charge in [0.05, 0.1) is 0 Å². The first-order chi connectivity index (χ1) is 6.15. The van der Waals surface area contributed by atoms with Gasteiger partial charge >= 0.3 is 0 Å². The summed E-state index contributed by atoms with van der Waals surface area (Å²) < 4.78 is 1.20. The fourth-order valence-corrected chi connectivity index (χ4v) is 1.85. The van der Waals surface area contributed by atoms with Crippen molar-refractivity contribution in [3.8, 4) is 0 Å². The Labute approximate surface area is 94.3 Å². The molecule has 0 bridgehead atoms. The van der Waals surface area contributed by atoms with Crippen LogP contribution in [0.15, 0.2) is 22.7 Å². The molecule has 0 aliphatic carbocycles. The van der Waals surface area contributed by atoms with Gasteiger partial charge in [-0.1, -0.05) is 35.0 Å². The minimum Gasteiger partial charge on any atom is -0.179 e. The average molecular weight is 259 g/mol. The second-order valence-corrected chi connectivity index (χ2v) is 4.74. The molecular formula is C11H15BrS. The molecule has 1 rings (SSSR count). The highest BCUT2D eigenvalue weighted by molar-refractivity contribution is 9.10. The smallest absolute Gasteiger partial charge is 0.0207 e. The molecule has 0 fully saturated rings. The maximum atomic E-state index is 4.29. The minimum absolute atomic E-state index is 0.649. The monoisotopic (exact) mass is 258 g/mol. The molecule has 1 aromatic carbocycles. The van der Waals surface area contributed by atoms with Crippen LogP contribution in [0.1, 0.15) is 18.1 Å². The van der Waals surface area contributed by atoms with Crippen LogP contribution < -0.4 is 0 Å². The summed E-state index contributed by atoms with van der Waals surface area (Å²) in [5.41, 5.74) is 2.78. The lowest BCUT2D eigenvalue weighted by atomic mass is 9.99. The zero-order chi connectivity index (χ0) is 9.84. The highest BCUT2D eigenvalue weighted by Gasteiger charge is 2.05. The molecule has 0 amide bonds. The molecule has 1 aromatic rings. The van der Waals surface area contributed by atoms with Gasteiger partial charge in [-0.2, -0.15) is 12.6 Å². The normalized spacial score (nSPS) is 12.9. The molecule has 0 saturated carbocycles. The molecule has 0 aliphatic rings. The fourth-order valence-electron chi connectivity index (χ4n) is 1.31. The Kier molecular flexibility index (Phi) is 4.33. The van der Waals surface area contributed by atoms with Crippen molar-refractivity contribution in [1.29, 1.82) is 0 Å². The molecule has 0 spiro atoms. The van der Waals surface area contributed by atoms with E-state index >= 15 is 0 Å². The van der Waals surface area contributed by atoms with E-state index in [1.165, 1.54) is 15.6 Å². The van der Waals surface area contributed by atoms with E-state index < -0.39 is 0 Å². The van der Waals surface area contributed by atoms with Crippen LogP contribution >= 0.6 is 28.6 Å². The van der Waals surface area contributed by atoms with Crippen molar-refractivity contribution in [3.63, 3.8) is 0 Å². The maximum Gasteiger partial charge on any atom is 0.0207 e. The maximum absolute atomic E-state index is 4.29. The molecule has 0 heterocycles. The van der Waals surface area contributed by atoms with E-state index in [-0.39, 0.29) is 0 Å². The van der Waals surface area contributed by atoms with Gasteiger partial charge in [-0.05, 0) is 42.2 Å². The van der Waals surface area contributed by atoms with Gasteiger partial charge in [-0.3, -0.25) is 0 Å². The Morgan fingerprint density at radius 1 is 1.46 bits per heavy atom. The molecule has 0 saturated heterocycles. The van der Waals surface area contributed by atoms with Gasteiger partial charge in [0.15, 0.2) is 0 Å². The zero-order valence-electron chi connectivity index (χ0n) is 8.05. The summed E-state index contributed by atoms with van der Waals surface area (Å²) in [6.07, 6.45) is 1.12. The number of thiol groups is 1.